The van der Waals surface area contributed by atoms with Crippen LogP contribution < -0.4 is 5.32 Å². The second-order valence-electron chi connectivity index (χ2n) is 4.97. The smallest absolute Gasteiger partial charge is 0.0701 e. The largest absolute Gasteiger partial charge is 0.313 e. The van der Waals surface area contributed by atoms with E-state index in [-0.39, 0.29) is 0 Å². The number of nitrogens with zero attached hydrogens (tertiary/aromatic N) is 1. The minimum Gasteiger partial charge on any atom is -0.313 e. The third kappa shape index (κ3) is 2.45. The fourth-order valence-corrected chi connectivity index (χ4v) is 2.52. The molecule has 1 heterocycles. The molecule has 0 fully saturated rings. The highest BCUT2D eigenvalue weighted by atomic mass is 15.1. The van der Waals surface area contributed by atoms with Gasteiger partial charge in [0.05, 0.1) is 11.9 Å². The van der Waals surface area contributed by atoms with Crippen molar-refractivity contribution in [3.8, 4) is 11.3 Å². The SMILES string of the molecule is CCCNCc1cn[nH]c1-c1cccc2ccccc12. The first-order chi connectivity index (χ1) is 9.90. The topological polar surface area (TPSA) is 40.7 Å². The molecule has 3 rings (SSSR count). The van der Waals surface area contributed by atoms with Gasteiger partial charge in [-0.05, 0) is 23.7 Å². The number of fused-ring (bicyclic) bond motifs is 1. The first-order valence-corrected chi connectivity index (χ1v) is 7.11. The van der Waals surface area contributed by atoms with Crippen LogP contribution in [0.15, 0.2) is 48.7 Å². The van der Waals surface area contributed by atoms with Gasteiger partial charge < -0.3 is 5.32 Å². The van der Waals surface area contributed by atoms with E-state index in [1.165, 1.54) is 21.9 Å². The third-order valence-corrected chi connectivity index (χ3v) is 3.52. The monoisotopic (exact) mass is 265 g/mol. The van der Waals surface area contributed by atoms with Crippen molar-refractivity contribution < 1.29 is 0 Å². The van der Waals surface area contributed by atoms with Gasteiger partial charge >= 0.3 is 0 Å². The quantitative estimate of drug-likeness (QED) is 0.690. The average molecular weight is 265 g/mol. The molecule has 20 heavy (non-hydrogen) atoms. The second-order valence-corrected chi connectivity index (χ2v) is 4.97. The van der Waals surface area contributed by atoms with Crippen LogP contribution in [0.2, 0.25) is 0 Å². The second kappa shape index (κ2) is 5.88. The summed E-state index contributed by atoms with van der Waals surface area (Å²) in [5, 5.41) is 13.3. The van der Waals surface area contributed by atoms with Crippen molar-refractivity contribution in [3.05, 3.63) is 54.2 Å². The van der Waals surface area contributed by atoms with E-state index in [9.17, 15) is 0 Å². The Morgan fingerprint density at radius 3 is 2.85 bits per heavy atom. The molecule has 3 heteroatoms. The highest BCUT2D eigenvalue weighted by Crippen LogP contribution is 2.29. The number of aromatic nitrogens is 2. The lowest BCUT2D eigenvalue weighted by atomic mass is 10.00. The molecule has 0 bridgehead atoms. The van der Waals surface area contributed by atoms with E-state index in [1.54, 1.807) is 0 Å². The number of benzene rings is 2. The zero-order chi connectivity index (χ0) is 13.8. The van der Waals surface area contributed by atoms with Crippen LogP contribution in [-0.2, 0) is 6.54 Å². The predicted octanol–water partition coefficient (Wildman–Crippen LogP) is 3.73. The van der Waals surface area contributed by atoms with Crippen molar-refractivity contribution in [1.29, 1.82) is 0 Å². The molecule has 0 atom stereocenters. The van der Waals surface area contributed by atoms with Crippen LogP contribution in [0.4, 0.5) is 0 Å². The fraction of sp³-hybridized carbons (Fsp3) is 0.235. The van der Waals surface area contributed by atoms with Gasteiger partial charge in [0.15, 0.2) is 0 Å². The van der Waals surface area contributed by atoms with Crippen LogP contribution >= 0.6 is 0 Å². The number of nitrogens with one attached hydrogen (secondary N) is 2. The normalized spacial score (nSPS) is 11.1. The van der Waals surface area contributed by atoms with Gasteiger partial charge in [-0.15, -0.1) is 0 Å². The summed E-state index contributed by atoms with van der Waals surface area (Å²) in [5.41, 5.74) is 3.55. The van der Waals surface area contributed by atoms with Gasteiger partial charge in [0.25, 0.3) is 0 Å². The Balaban J connectivity index is 2.01. The molecule has 0 saturated heterocycles. The van der Waals surface area contributed by atoms with Gasteiger partial charge in [-0.3, -0.25) is 5.10 Å². The number of H-pyrrole nitrogens is 1. The molecule has 2 aromatic carbocycles. The van der Waals surface area contributed by atoms with Crippen molar-refractivity contribution in [3.63, 3.8) is 0 Å². The standard InChI is InChI=1S/C17H19N3/c1-2-10-18-11-14-12-19-20-17(14)16-9-5-7-13-6-3-4-8-15(13)16/h3-9,12,18H,2,10-11H2,1H3,(H,19,20). The Kier molecular flexibility index (Phi) is 3.79. The molecule has 0 amide bonds. The Labute approximate surface area is 119 Å². The van der Waals surface area contributed by atoms with Gasteiger partial charge in [-0.25, -0.2) is 0 Å². The van der Waals surface area contributed by atoms with Crippen molar-refractivity contribution in [2.45, 2.75) is 19.9 Å². The molecule has 0 aliphatic rings. The van der Waals surface area contributed by atoms with Crippen molar-refractivity contribution >= 4 is 10.8 Å². The minimum absolute atomic E-state index is 0.850. The summed E-state index contributed by atoms with van der Waals surface area (Å²) in [6, 6.07) is 14.9. The molecular weight excluding hydrogens is 246 g/mol. The van der Waals surface area contributed by atoms with Crippen molar-refractivity contribution in [2.24, 2.45) is 0 Å². The van der Waals surface area contributed by atoms with E-state index in [0.717, 1.165) is 25.2 Å². The molecule has 0 aliphatic carbocycles. The summed E-state index contributed by atoms with van der Waals surface area (Å²) in [6.07, 6.45) is 3.06. The van der Waals surface area contributed by atoms with Crippen molar-refractivity contribution in [1.82, 2.24) is 15.5 Å². The Morgan fingerprint density at radius 1 is 1.10 bits per heavy atom. The lowest BCUT2D eigenvalue weighted by Gasteiger charge is -2.08. The summed E-state index contributed by atoms with van der Waals surface area (Å²) >= 11 is 0. The lowest BCUT2D eigenvalue weighted by Crippen LogP contribution is -2.13. The van der Waals surface area contributed by atoms with Gasteiger partial charge in [-0.2, -0.15) is 5.10 Å². The predicted molar refractivity (Wildman–Crippen MR) is 83.5 cm³/mol. The van der Waals surface area contributed by atoms with Crippen LogP contribution in [0.3, 0.4) is 0 Å². The third-order valence-electron chi connectivity index (χ3n) is 3.52. The van der Waals surface area contributed by atoms with Gasteiger partial charge in [-0.1, -0.05) is 49.4 Å². The number of hydrogen-bond acceptors (Lipinski definition) is 2. The van der Waals surface area contributed by atoms with E-state index in [4.69, 9.17) is 0 Å². The molecule has 2 N–H and O–H groups in total. The highest BCUT2D eigenvalue weighted by Gasteiger charge is 2.10. The van der Waals surface area contributed by atoms with E-state index in [2.05, 4.69) is 64.9 Å². The Morgan fingerprint density at radius 2 is 1.95 bits per heavy atom. The van der Waals surface area contributed by atoms with Crippen molar-refractivity contribution in [2.75, 3.05) is 6.54 Å². The first-order valence-electron chi connectivity index (χ1n) is 7.11. The van der Waals surface area contributed by atoms with Crippen LogP contribution in [0, 0.1) is 0 Å². The maximum atomic E-state index is 4.22. The molecule has 3 nitrogen and oxygen atoms in total. The summed E-state index contributed by atoms with van der Waals surface area (Å²) in [4.78, 5) is 0. The zero-order valence-corrected chi connectivity index (χ0v) is 11.7. The van der Waals surface area contributed by atoms with Gasteiger partial charge in [0.1, 0.15) is 0 Å². The molecule has 0 unspecified atom stereocenters. The Hall–Kier alpha value is -2.13. The molecule has 3 aromatic rings. The van der Waals surface area contributed by atoms with E-state index < -0.39 is 0 Å². The van der Waals surface area contributed by atoms with Crippen LogP contribution in [-0.4, -0.2) is 16.7 Å². The highest BCUT2D eigenvalue weighted by molar-refractivity contribution is 5.96. The zero-order valence-electron chi connectivity index (χ0n) is 11.7. The summed E-state index contributed by atoms with van der Waals surface area (Å²) in [5.74, 6) is 0. The number of hydrogen-bond donors (Lipinski definition) is 2. The molecule has 0 radical (unpaired) electrons. The Bertz CT molecular complexity index is 695. The van der Waals surface area contributed by atoms with Crippen LogP contribution in [0.1, 0.15) is 18.9 Å². The fourth-order valence-electron chi connectivity index (χ4n) is 2.52. The molecule has 0 saturated carbocycles. The number of aromatic amines is 1. The molecule has 102 valence electrons. The average Bonchev–Trinajstić information content (AvgIpc) is 2.95. The maximum Gasteiger partial charge on any atom is 0.0701 e. The first kappa shape index (κ1) is 12.9. The van der Waals surface area contributed by atoms with Gasteiger partial charge in [0, 0.05) is 17.7 Å². The summed E-state index contributed by atoms with van der Waals surface area (Å²) in [7, 11) is 0. The lowest BCUT2D eigenvalue weighted by molar-refractivity contribution is 0.676. The van der Waals surface area contributed by atoms with Gasteiger partial charge in [0.2, 0.25) is 0 Å². The van der Waals surface area contributed by atoms with E-state index in [0.29, 0.717) is 0 Å². The molecular formula is C17H19N3. The van der Waals surface area contributed by atoms with Crippen LogP contribution in [0.5, 0.6) is 0 Å². The summed E-state index contributed by atoms with van der Waals surface area (Å²) in [6.45, 7) is 4.05. The molecule has 1 aromatic heterocycles. The maximum absolute atomic E-state index is 4.22. The number of rotatable bonds is 5. The molecule has 0 spiro atoms. The summed E-state index contributed by atoms with van der Waals surface area (Å²) < 4.78 is 0. The van der Waals surface area contributed by atoms with E-state index in [1.807, 2.05) is 6.20 Å². The molecule has 0 aliphatic heterocycles. The van der Waals surface area contributed by atoms with Crippen LogP contribution in [0.25, 0.3) is 22.0 Å². The van der Waals surface area contributed by atoms with E-state index >= 15 is 0 Å². The minimum atomic E-state index is 0.850.